The Bertz CT molecular complexity index is 744. The lowest BCUT2D eigenvalue weighted by atomic mass is 10.2. The molecule has 2 rings (SSSR count). The minimum atomic E-state index is -1.26. The molecule has 1 amide bonds. The molecule has 0 fully saturated rings. The molecule has 2 aromatic carbocycles. The Morgan fingerprint density at radius 3 is 2.29 bits per heavy atom. The Balaban J connectivity index is 2.07. The maximum absolute atomic E-state index is 13.5. The lowest BCUT2D eigenvalue weighted by Crippen LogP contribution is -2.30. The number of benzene rings is 2. The van der Waals surface area contributed by atoms with Gasteiger partial charge in [-0.15, -0.1) is 0 Å². The van der Waals surface area contributed by atoms with Crippen LogP contribution in [0.25, 0.3) is 0 Å². The van der Waals surface area contributed by atoms with Gasteiger partial charge in [-0.25, -0.2) is 13.6 Å². The number of carbonyl (C=O) groups excluding carboxylic acids is 2. The van der Waals surface area contributed by atoms with E-state index in [2.05, 4.69) is 5.32 Å². The lowest BCUT2D eigenvalue weighted by molar-refractivity contribution is -0.123. The zero-order valence-electron chi connectivity index (χ0n) is 13.0. The van der Waals surface area contributed by atoms with Gasteiger partial charge in [0.25, 0.3) is 5.91 Å². The standard InChI is InChI=1S/C17H15F2NO4/c1-10(16(21)20-13-8-3-4-9-14(13)23-2)24-17(22)15-11(18)6-5-7-12(15)19/h3-10H,1-2H3,(H,20,21)/t10-/m1/s1. The van der Waals surface area contributed by atoms with Crippen LogP contribution in [0.15, 0.2) is 42.5 Å². The predicted octanol–water partition coefficient (Wildman–Crippen LogP) is 3.16. The molecule has 1 N–H and O–H groups in total. The molecule has 126 valence electrons. The third kappa shape index (κ3) is 3.87. The van der Waals surface area contributed by atoms with Gasteiger partial charge in [0, 0.05) is 0 Å². The Kier molecular flexibility index (Phi) is 5.47. The molecule has 1 atom stereocenters. The van der Waals surface area contributed by atoms with Crippen molar-refractivity contribution in [2.24, 2.45) is 0 Å². The summed E-state index contributed by atoms with van der Waals surface area (Å²) in [6.45, 7) is 1.29. The summed E-state index contributed by atoms with van der Waals surface area (Å²) in [5.74, 6) is -3.61. The van der Waals surface area contributed by atoms with Crippen molar-refractivity contribution < 1.29 is 27.8 Å². The van der Waals surface area contributed by atoms with Crippen LogP contribution < -0.4 is 10.1 Å². The van der Waals surface area contributed by atoms with Gasteiger partial charge < -0.3 is 14.8 Å². The highest BCUT2D eigenvalue weighted by molar-refractivity contribution is 5.98. The number of anilines is 1. The number of para-hydroxylation sites is 2. The summed E-state index contributed by atoms with van der Waals surface area (Å²) in [5.41, 5.74) is -0.459. The monoisotopic (exact) mass is 335 g/mol. The SMILES string of the molecule is COc1ccccc1NC(=O)[C@@H](C)OC(=O)c1c(F)cccc1F. The average molecular weight is 335 g/mol. The summed E-state index contributed by atoms with van der Waals surface area (Å²) in [7, 11) is 1.44. The summed E-state index contributed by atoms with van der Waals surface area (Å²) < 4.78 is 37.0. The van der Waals surface area contributed by atoms with E-state index in [1.165, 1.54) is 14.0 Å². The minimum Gasteiger partial charge on any atom is -0.495 e. The van der Waals surface area contributed by atoms with Crippen LogP contribution in [0.3, 0.4) is 0 Å². The molecular formula is C17H15F2NO4. The van der Waals surface area contributed by atoms with E-state index < -0.39 is 35.2 Å². The summed E-state index contributed by atoms with van der Waals surface area (Å²) in [5, 5.41) is 2.52. The van der Waals surface area contributed by atoms with Crippen LogP contribution in [0.2, 0.25) is 0 Å². The molecule has 0 radical (unpaired) electrons. The second-order valence-corrected chi connectivity index (χ2v) is 4.83. The van der Waals surface area contributed by atoms with Gasteiger partial charge in [-0.3, -0.25) is 4.79 Å². The fraction of sp³-hybridized carbons (Fsp3) is 0.176. The van der Waals surface area contributed by atoms with Gasteiger partial charge in [-0.05, 0) is 31.2 Å². The van der Waals surface area contributed by atoms with Crippen molar-refractivity contribution in [1.29, 1.82) is 0 Å². The largest absolute Gasteiger partial charge is 0.495 e. The first kappa shape index (κ1) is 17.4. The van der Waals surface area contributed by atoms with Crippen LogP contribution in [0.4, 0.5) is 14.5 Å². The van der Waals surface area contributed by atoms with E-state index in [9.17, 15) is 18.4 Å². The number of amides is 1. The molecule has 0 aliphatic heterocycles. The van der Waals surface area contributed by atoms with Gasteiger partial charge in [-0.2, -0.15) is 0 Å². The van der Waals surface area contributed by atoms with Crippen molar-refractivity contribution in [2.45, 2.75) is 13.0 Å². The molecule has 0 spiro atoms. The quantitative estimate of drug-likeness (QED) is 0.853. The zero-order chi connectivity index (χ0) is 17.7. The Hall–Kier alpha value is -2.96. The highest BCUT2D eigenvalue weighted by Crippen LogP contribution is 2.23. The van der Waals surface area contributed by atoms with Gasteiger partial charge >= 0.3 is 5.97 Å². The van der Waals surface area contributed by atoms with E-state index in [4.69, 9.17) is 9.47 Å². The van der Waals surface area contributed by atoms with Crippen LogP contribution in [0.1, 0.15) is 17.3 Å². The molecule has 0 unspecified atom stereocenters. The van der Waals surface area contributed by atoms with E-state index in [1.54, 1.807) is 24.3 Å². The lowest BCUT2D eigenvalue weighted by Gasteiger charge is -2.15. The van der Waals surface area contributed by atoms with Crippen molar-refractivity contribution in [3.63, 3.8) is 0 Å². The molecule has 0 aliphatic rings. The first-order chi connectivity index (χ1) is 11.4. The predicted molar refractivity (Wildman–Crippen MR) is 82.9 cm³/mol. The van der Waals surface area contributed by atoms with Gasteiger partial charge in [0.2, 0.25) is 0 Å². The number of ether oxygens (including phenoxy) is 2. The molecule has 0 heterocycles. The minimum absolute atomic E-state index is 0.380. The van der Waals surface area contributed by atoms with Crippen LogP contribution in [-0.4, -0.2) is 25.1 Å². The van der Waals surface area contributed by atoms with Crippen LogP contribution in [0.5, 0.6) is 5.75 Å². The zero-order valence-corrected chi connectivity index (χ0v) is 13.0. The van der Waals surface area contributed by atoms with E-state index in [0.29, 0.717) is 11.4 Å². The highest BCUT2D eigenvalue weighted by Gasteiger charge is 2.24. The Labute approximate surface area is 137 Å². The summed E-state index contributed by atoms with van der Waals surface area (Å²) in [4.78, 5) is 24.0. The number of methoxy groups -OCH3 is 1. The molecule has 0 bridgehead atoms. The van der Waals surface area contributed by atoms with Crippen LogP contribution in [-0.2, 0) is 9.53 Å². The first-order valence-corrected chi connectivity index (χ1v) is 7.03. The molecule has 0 saturated heterocycles. The van der Waals surface area contributed by atoms with E-state index in [-0.39, 0.29) is 0 Å². The maximum atomic E-state index is 13.5. The van der Waals surface area contributed by atoms with Gasteiger partial charge in [0.15, 0.2) is 6.10 Å². The third-order valence-electron chi connectivity index (χ3n) is 3.18. The van der Waals surface area contributed by atoms with Gasteiger partial charge in [0.05, 0.1) is 12.8 Å². The molecule has 0 saturated carbocycles. The fourth-order valence-electron chi connectivity index (χ4n) is 1.95. The molecule has 0 aromatic heterocycles. The molecule has 2 aromatic rings. The molecule has 0 aliphatic carbocycles. The smallest absolute Gasteiger partial charge is 0.344 e. The van der Waals surface area contributed by atoms with E-state index in [1.807, 2.05) is 0 Å². The topological polar surface area (TPSA) is 64.6 Å². The number of nitrogens with one attached hydrogen (secondary N) is 1. The normalized spacial score (nSPS) is 11.5. The van der Waals surface area contributed by atoms with Crippen molar-refractivity contribution in [1.82, 2.24) is 0 Å². The Morgan fingerprint density at radius 2 is 1.67 bits per heavy atom. The maximum Gasteiger partial charge on any atom is 0.344 e. The van der Waals surface area contributed by atoms with E-state index in [0.717, 1.165) is 18.2 Å². The number of halogens is 2. The number of rotatable bonds is 5. The first-order valence-electron chi connectivity index (χ1n) is 7.03. The molecule has 24 heavy (non-hydrogen) atoms. The molecule has 7 heteroatoms. The number of esters is 1. The van der Waals surface area contributed by atoms with Crippen LogP contribution in [0, 0.1) is 11.6 Å². The van der Waals surface area contributed by atoms with Gasteiger partial charge in [0.1, 0.15) is 22.9 Å². The number of hydrogen-bond acceptors (Lipinski definition) is 4. The highest BCUT2D eigenvalue weighted by atomic mass is 19.1. The molecular weight excluding hydrogens is 320 g/mol. The van der Waals surface area contributed by atoms with E-state index >= 15 is 0 Å². The fourth-order valence-corrected chi connectivity index (χ4v) is 1.95. The average Bonchev–Trinajstić information content (AvgIpc) is 2.55. The van der Waals surface area contributed by atoms with Crippen molar-refractivity contribution in [3.05, 3.63) is 59.7 Å². The van der Waals surface area contributed by atoms with Crippen molar-refractivity contribution in [2.75, 3.05) is 12.4 Å². The summed E-state index contributed by atoms with van der Waals surface area (Å²) in [6.07, 6.45) is -1.26. The van der Waals surface area contributed by atoms with Gasteiger partial charge in [-0.1, -0.05) is 18.2 Å². The summed E-state index contributed by atoms with van der Waals surface area (Å²) >= 11 is 0. The third-order valence-corrected chi connectivity index (χ3v) is 3.18. The second kappa shape index (κ2) is 7.54. The Morgan fingerprint density at radius 1 is 1.04 bits per heavy atom. The number of carbonyl (C=O) groups is 2. The second-order valence-electron chi connectivity index (χ2n) is 4.83. The van der Waals surface area contributed by atoms with Crippen molar-refractivity contribution >= 4 is 17.6 Å². The van der Waals surface area contributed by atoms with Crippen molar-refractivity contribution in [3.8, 4) is 5.75 Å². The molecule has 5 nitrogen and oxygen atoms in total. The van der Waals surface area contributed by atoms with Crippen LogP contribution >= 0.6 is 0 Å². The number of hydrogen-bond donors (Lipinski definition) is 1. The summed E-state index contributed by atoms with van der Waals surface area (Å²) in [6, 6.07) is 9.63.